The smallest absolute Gasteiger partial charge is 0.258 e. The topological polar surface area (TPSA) is 89.3 Å². The fraction of sp³-hybridized carbons (Fsp3) is 0.258. The molecule has 0 radical (unpaired) electrons. The summed E-state index contributed by atoms with van der Waals surface area (Å²) in [4.78, 5) is 43.6. The lowest BCUT2D eigenvalue weighted by Gasteiger charge is -2.28. The molecule has 3 aromatic carbocycles. The molecule has 0 atom stereocenters. The number of hydrogen-bond donors (Lipinski definition) is 0. The van der Waals surface area contributed by atoms with E-state index < -0.39 is 0 Å². The van der Waals surface area contributed by atoms with Gasteiger partial charge in [0.05, 0.1) is 43.0 Å². The summed E-state index contributed by atoms with van der Waals surface area (Å²) >= 11 is 0. The van der Waals surface area contributed by atoms with Crippen LogP contribution < -0.4 is 10.2 Å². The second-order valence-corrected chi connectivity index (χ2v) is 9.24. The average Bonchev–Trinajstić information content (AvgIpc) is 2.96. The van der Waals surface area contributed by atoms with Crippen LogP contribution in [0.2, 0.25) is 0 Å². The van der Waals surface area contributed by atoms with E-state index in [4.69, 9.17) is 13.9 Å². The van der Waals surface area contributed by atoms with E-state index in [1.165, 1.54) is 25.4 Å². The third-order valence-electron chi connectivity index (χ3n) is 6.45. The highest BCUT2D eigenvalue weighted by Crippen LogP contribution is 2.20. The maximum Gasteiger partial charge on any atom is 0.258 e. The number of para-hydroxylation sites is 1. The number of methoxy groups -OCH3 is 2. The number of carbonyl (C=O) groups excluding carboxylic acids is 2. The van der Waals surface area contributed by atoms with Gasteiger partial charge in [0.15, 0.2) is 5.43 Å². The summed E-state index contributed by atoms with van der Waals surface area (Å²) in [6.07, 6.45) is 1.41. The highest BCUT2D eigenvalue weighted by Gasteiger charge is 2.25. The monoisotopic (exact) mass is 528 g/mol. The van der Waals surface area contributed by atoms with E-state index in [-0.39, 0.29) is 50.0 Å². The fourth-order valence-corrected chi connectivity index (χ4v) is 4.34. The lowest BCUT2D eigenvalue weighted by molar-refractivity contribution is -0.133. The molecule has 1 aromatic heterocycles. The number of aryl methyl sites for hydroxylation is 1. The van der Waals surface area contributed by atoms with Crippen molar-refractivity contribution in [2.75, 3.05) is 33.9 Å². The van der Waals surface area contributed by atoms with Crippen LogP contribution in [0.4, 0.5) is 0 Å². The lowest BCUT2D eigenvalue weighted by atomic mass is 10.1. The average molecular weight is 529 g/mol. The fourth-order valence-electron chi connectivity index (χ4n) is 4.34. The van der Waals surface area contributed by atoms with Crippen molar-refractivity contribution in [3.63, 3.8) is 0 Å². The summed E-state index contributed by atoms with van der Waals surface area (Å²) in [6, 6.07) is 21.8. The minimum atomic E-state index is -0.349. The van der Waals surface area contributed by atoms with E-state index in [0.717, 1.165) is 11.1 Å². The molecule has 202 valence electrons. The van der Waals surface area contributed by atoms with Crippen molar-refractivity contribution in [1.29, 1.82) is 0 Å². The van der Waals surface area contributed by atoms with Crippen molar-refractivity contribution in [2.45, 2.75) is 20.0 Å². The second-order valence-electron chi connectivity index (χ2n) is 9.24. The van der Waals surface area contributed by atoms with Gasteiger partial charge in [-0.1, -0.05) is 54.1 Å². The predicted octanol–water partition coefficient (Wildman–Crippen LogP) is 4.43. The summed E-state index contributed by atoms with van der Waals surface area (Å²) < 4.78 is 16.3. The number of ether oxygens (including phenoxy) is 2. The van der Waals surface area contributed by atoms with Crippen LogP contribution >= 0.6 is 0 Å². The van der Waals surface area contributed by atoms with Crippen LogP contribution in [0.15, 0.2) is 88.3 Å². The number of hydrogen-bond acceptors (Lipinski definition) is 6. The Hall–Kier alpha value is -4.43. The Balaban J connectivity index is 1.65. The van der Waals surface area contributed by atoms with E-state index in [1.54, 1.807) is 41.3 Å². The summed E-state index contributed by atoms with van der Waals surface area (Å²) in [5.41, 5.74) is 2.84. The maximum atomic E-state index is 13.8. The Morgan fingerprint density at radius 1 is 0.897 bits per heavy atom. The van der Waals surface area contributed by atoms with Gasteiger partial charge in [-0.15, -0.1) is 0 Å². The molecule has 1 heterocycles. The molecule has 8 nitrogen and oxygen atoms in total. The molecule has 0 saturated heterocycles. The van der Waals surface area contributed by atoms with Crippen LogP contribution in [-0.2, 0) is 22.6 Å². The number of amides is 2. The van der Waals surface area contributed by atoms with Crippen LogP contribution in [0.25, 0.3) is 11.0 Å². The number of benzene rings is 3. The molecule has 0 aliphatic heterocycles. The van der Waals surface area contributed by atoms with Gasteiger partial charge < -0.3 is 23.7 Å². The van der Waals surface area contributed by atoms with Crippen molar-refractivity contribution in [3.8, 4) is 5.75 Å². The zero-order chi connectivity index (χ0) is 27.8. The van der Waals surface area contributed by atoms with Gasteiger partial charge in [-0.2, -0.15) is 0 Å². The summed E-state index contributed by atoms with van der Waals surface area (Å²) in [5, 5.41) is 0.465. The van der Waals surface area contributed by atoms with E-state index in [2.05, 4.69) is 0 Å². The molecule has 0 saturated carbocycles. The highest BCUT2D eigenvalue weighted by atomic mass is 16.5. The van der Waals surface area contributed by atoms with Crippen LogP contribution in [0.1, 0.15) is 27.0 Å². The number of rotatable bonds is 11. The molecule has 8 heteroatoms. The Morgan fingerprint density at radius 3 is 2.38 bits per heavy atom. The van der Waals surface area contributed by atoms with Gasteiger partial charge in [-0.25, -0.2) is 0 Å². The van der Waals surface area contributed by atoms with Crippen molar-refractivity contribution in [3.05, 3.63) is 112 Å². The molecule has 0 aliphatic carbocycles. The molecule has 0 aliphatic rings. The van der Waals surface area contributed by atoms with E-state index >= 15 is 0 Å². The van der Waals surface area contributed by atoms with Gasteiger partial charge in [0, 0.05) is 20.2 Å². The van der Waals surface area contributed by atoms with Crippen LogP contribution in [0.3, 0.4) is 0 Å². The van der Waals surface area contributed by atoms with Crippen molar-refractivity contribution in [2.24, 2.45) is 0 Å². The molecular formula is C31H32N2O6. The van der Waals surface area contributed by atoms with E-state index in [9.17, 15) is 14.4 Å². The molecular weight excluding hydrogens is 496 g/mol. The minimum absolute atomic E-state index is 0.0287. The van der Waals surface area contributed by atoms with Gasteiger partial charge in [0.25, 0.3) is 5.91 Å². The Kier molecular flexibility index (Phi) is 9.12. The summed E-state index contributed by atoms with van der Waals surface area (Å²) in [7, 11) is 3.03. The van der Waals surface area contributed by atoms with Gasteiger partial charge in [-0.3, -0.25) is 14.4 Å². The maximum absolute atomic E-state index is 13.8. The molecule has 2 amide bonds. The van der Waals surface area contributed by atoms with E-state index in [0.29, 0.717) is 27.8 Å². The first-order chi connectivity index (χ1) is 18.9. The Bertz CT molecular complexity index is 1500. The van der Waals surface area contributed by atoms with Gasteiger partial charge in [0.2, 0.25) is 5.91 Å². The number of carbonyl (C=O) groups is 2. The van der Waals surface area contributed by atoms with Crippen molar-refractivity contribution in [1.82, 2.24) is 9.80 Å². The van der Waals surface area contributed by atoms with Crippen LogP contribution in [0.5, 0.6) is 5.75 Å². The molecule has 0 unspecified atom stereocenters. The van der Waals surface area contributed by atoms with Gasteiger partial charge in [0.1, 0.15) is 17.9 Å². The molecule has 39 heavy (non-hydrogen) atoms. The van der Waals surface area contributed by atoms with Gasteiger partial charge in [-0.05, 0) is 36.8 Å². The first-order valence-corrected chi connectivity index (χ1v) is 12.6. The molecule has 4 rings (SSSR count). The normalized spacial score (nSPS) is 10.8. The van der Waals surface area contributed by atoms with Crippen LogP contribution in [0, 0.1) is 6.92 Å². The first-order valence-electron chi connectivity index (χ1n) is 12.6. The van der Waals surface area contributed by atoms with E-state index in [1.807, 2.05) is 43.3 Å². The molecule has 0 N–H and O–H groups in total. The molecule has 0 fully saturated rings. The quantitative estimate of drug-likeness (QED) is 0.286. The highest BCUT2D eigenvalue weighted by molar-refractivity contribution is 5.98. The van der Waals surface area contributed by atoms with Gasteiger partial charge >= 0.3 is 0 Å². The van der Waals surface area contributed by atoms with Crippen LogP contribution in [-0.4, -0.2) is 55.5 Å². The van der Waals surface area contributed by atoms with Crippen molar-refractivity contribution >= 4 is 22.8 Å². The molecule has 0 spiro atoms. The Morgan fingerprint density at radius 2 is 1.64 bits per heavy atom. The SMILES string of the molecule is COCCN(CC(=O)N(Cc1ccccc1)Cc1coc2ccc(C)cc2c1=O)C(=O)c1ccccc1OC. The summed E-state index contributed by atoms with van der Waals surface area (Å²) in [5.74, 6) is -0.247. The first kappa shape index (κ1) is 27.6. The summed E-state index contributed by atoms with van der Waals surface area (Å²) in [6.45, 7) is 2.44. The third-order valence-corrected chi connectivity index (χ3v) is 6.45. The third kappa shape index (κ3) is 6.72. The molecule has 4 aromatic rings. The molecule has 0 bridgehead atoms. The number of fused-ring (bicyclic) bond motifs is 1. The zero-order valence-corrected chi connectivity index (χ0v) is 22.4. The minimum Gasteiger partial charge on any atom is -0.496 e. The second kappa shape index (κ2) is 12.9. The lowest BCUT2D eigenvalue weighted by Crippen LogP contribution is -2.44. The predicted molar refractivity (Wildman–Crippen MR) is 149 cm³/mol. The largest absolute Gasteiger partial charge is 0.496 e. The number of nitrogens with zero attached hydrogens (tertiary/aromatic N) is 2. The Labute approximate surface area is 227 Å². The standard InChI is InChI=1S/C31H32N2O6/c1-22-13-14-28-26(17-22)30(35)24(21-39-28)19-33(18-23-9-5-4-6-10-23)29(34)20-32(15-16-37-2)31(36)25-11-7-8-12-27(25)38-3/h4-14,17,21H,15-16,18-20H2,1-3H3. The van der Waals surface area contributed by atoms with Crippen molar-refractivity contribution < 1.29 is 23.5 Å². The zero-order valence-electron chi connectivity index (χ0n) is 22.4.